The van der Waals surface area contributed by atoms with Gasteiger partial charge < -0.3 is 9.64 Å². The first-order chi connectivity index (χ1) is 11.6. The fourth-order valence-electron chi connectivity index (χ4n) is 4.20. The van der Waals surface area contributed by atoms with Gasteiger partial charge in [-0.25, -0.2) is 4.39 Å². The molecule has 3 rings (SSSR count). The van der Waals surface area contributed by atoms with Crippen LogP contribution in [0.15, 0.2) is 24.3 Å². The van der Waals surface area contributed by atoms with Crippen molar-refractivity contribution in [3.8, 4) is 0 Å². The number of hydrogen-bond donors (Lipinski definition) is 0. The van der Waals surface area contributed by atoms with Crippen molar-refractivity contribution in [1.82, 2.24) is 4.90 Å². The standard InChI is InChI=1S/C20H28FNO2/c1-22-14-6-3-7-18(22)15-24-19(23)20(12-4-2-5-13-20)16-8-10-17(21)11-9-16/h8-11,18H,2-7,12-15H2,1H3/t18-/m0/s1. The number of esters is 1. The zero-order valence-corrected chi connectivity index (χ0v) is 14.6. The van der Waals surface area contributed by atoms with Crippen LogP contribution in [-0.4, -0.2) is 37.1 Å². The Morgan fingerprint density at radius 3 is 2.54 bits per heavy atom. The van der Waals surface area contributed by atoms with Gasteiger partial charge in [0, 0.05) is 6.04 Å². The molecule has 0 radical (unpaired) electrons. The third-order valence-corrected chi connectivity index (χ3v) is 5.82. The van der Waals surface area contributed by atoms with Crippen LogP contribution in [0.4, 0.5) is 4.39 Å². The number of carbonyl (C=O) groups excluding carboxylic acids is 1. The second-order valence-corrected chi connectivity index (χ2v) is 7.38. The Morgan fingerprint density at radius 2 is 1.88 bits per heavy atom. The number of likely N-dealkylation sites (N-methyl/N-ethyl adjacent to an activating group) is 1. The van der Waals surface area contributed by atoms with Gasteiger partial charge in [-0.2, -0.15) is 0 Å². The molecule has 1 saturated carbocycles. The Balaban J connectivity index is 1.73. The van der Waals surface area contributed by atoms with E-state index in [1.165, 1.54) is 25.0 Å². The number of ether oxygens (including phenoxy) is 1. The van der Waals surface area contributed by atoms with Crippen LogP contribution < -0.4 is 0 Å². The van der Waals surface area contributed by atoms with Crippen LogP contribution in [0.1, 0.15) is 56.9 Å². The van der Waals surface area contributed by atoms with Gasteiger partial charge in [0.05, 0.1) is 5.41 Å². The Hall–Kier alpha value is -1.42. The zero-order valence-electron chi connectivity index (χ0n) is 14.6. The molecule has 0 bridgehead atoms. The highest BCUT2D eigenvalue weighted by molar-refractivity contribution is 5.83. The van der Waals surface area contributed by atoms with Crippen molar-refractivity contribution >= 4 is 5.97 Å². The average Bonchev–Trinajstić information content (AvgIpc) is 2.62. The van der Waals surface area contributed by atoms with Crippen molar-refractivity contribution in [3.05, 3.63) is 35.6 Å². The number of halogens is 1. The van der Waals surface area contributed by atoms with E-state index in [9.17, 15) is 9.18 Å². The van der Waals surface area contributed by atoms with Crippen molar-refractivity contribution in [2.45, 2.75) is 62.8 Å². The van der Waals surface area contributed by atoms with E-state index in [2.05, 4.69) is 11.9 Å². The molecule has 1 aromatic rings. The quantitative estimate of drug-likeness (QED) is 0.778. The summed E-state index contributed by atoms with van der Waals surface area (Å²) in [4.78, 5) is 15.3. The summed E-state index contributed by atoms with van der Waals surface area (Å²) in [6.07, 6.45) is 8.33. The summed E-state index contributed by atoms with van der Waals surface area (Å²) in [7, 11) is 2.11. The fraction of sp³-hybridized carbons (Fsp3) is 0.650. The highest BCUT2D eigenvalue weighted by Gasteiger charge is 2.43. The molecular formula is C20H28FNO2. The minimum atomic E-state index is -0.584. The third-order valence-electron chi connectivity index (χ3n) is 5.82. The number of hydrogen-bond acceptors (Lipinski definition) is 3. The van der Waals surface area contributed by atoms with E-state index in [1.54, 1.807) is 12.1 Å². The van der Waals surface area contributed by atoms with Crippen molar-refractivity contribution in [2.75, 3.05) is 20.2 Å². The summed E-state index contributed by atoms with van der Waals surface area (Å²) in [5.74, 6) is -0.380. The molecule has 1 heterocycles. The average molecular weight is 333 g/mol. The van der Waals surface area contributed by atoms with Gasteiger partial charge in [-0.05, 0) is 57.0 Å². The van der Waals surface area contributed by atoms with E-state index < -0.39 is 5.41 Å². The van der Waals surface area contributed by atoms with E-state index in [1.807, 2.05) is 0 Å². The number of carbonyl (C=O) groups is 1. The first-order valence-corrected chi connectivity index (χ1v) is 9.25. The van der Waals surface area contributed by atoms with Crippen molar-refractivity contribution in [1.29, 1.82) is 0 Å². The summed E-state index contributed by atoms with van der Waals surface area (Å²) in [6, 6.07) is 6.75. The van der Waals surface area contributed by atoms with E-state index in [0.29, 0.717) is 12.6 Å². The molecule has 1 aliphatic carbocycles. The summed E-state index contributed by atoms with van der Waals surface area (Å²) < 4.78 is 19.1. The largest absolute Gasteiger partial charge is 0.463 e. The van der Waals surface area contributed by atoms with Crippen LogP contribution >= 0.6 is 0 Å². The van der Waals surface area contributed by atoms with Crippen LogP contribution in [0.3, 0.4) is 0 Å². The predicted molar refractivity (Wildman–Crippen MR) is 92.4 cm³/mol. The molecule has 0 unspecified atom stereocenters. The molecule has 1 saturated heterocycles. The molecule has 1 aliphatic heterocycles. The Kier molecular flexibility index (Phi) is 5.54. The number of benzene rings is 1. The molecule has 3 nitrogen and oxygen atoms in total. The maximum Gasteiger partial charge on any atom is 0.316 e. The molecule has 1 atom stereocenters. The minimum absolute atomic E-state index is 0.118. The lowest BCUT2D eigenvalue weighted by atomic mass is 9.69. The zero-order chi connectivity index (χ0) is 17.0. The Morgan fingerprint density at radius 1 is 1.17 bits per heavy atom. The predicted octanol–water partition coefficient (Wildman–Crippen LogP) is 4.06. The highest BCUT2D eigenvalue weighted by Crippen LogP contribution is 2.40. The summed E-state index contributed by atoms with van der Waals surface area (Å²) in [5, 5.41) is 0. The lowest BCUT2D eigenvalue weighted by Gasteiger charge is -2.37. The SMILES string of the molecule is CN1CCCC[C@H]1COC(=O)C1(c2ccc(F)cc2)CCCCC1. The van der Waals surface area contributed by atoms with Gasteiger partial charge in [-0.3, -0.25) is 4.79 Å². The normalized spacial score (nSPS) is 24.5. The monoisotopic (exact) mass is 333 g/mol. The van der Waals surface area contributed by atoms with Crippen molar-refractivity contribution in [3.63, 3.8) is 0 Å². The lowest BCUT2D eigenvalue weighted by molar-refractivity contribution is -0.154. The van der Waals surface area contributed by atoms with Crippen LogP contribution in [0.25, 0.3) is 0 Å². The first-order valence-electron chi connectivity index (χ1n) is 9.25. The van der Waals surface area contributed by atoms with E-state index in [-0.39, 0.29) is 11.8 Å². The van der Waals surface area contributed by atoms with Gasteiger partial charge in [-0.15, -0.1) is 0 Å². The molecule has 24 heavy (non-hydrogen) atoms. The number of rotatable bonds is 4. The molecule has 2 aliphatic rings. The van der Waals surface area contributed by atoms with E-state index >= 15 is 0 Å². The van der Waals surface area contributed by atoms with Gasteiger partial charge in [0.15, 0.2) is 0 Å². The van der Waals surface area contributed by atoms with Crippen LogP contribution in [-0.2, 0) is 14.9 Å². The molecule has 0 amide bonds. The number of likely N-dealkylation sites (tertiary alicyclic amines) is 1. The van der Waals surface area contributed by atoms with Crippen molar-refractivity contribution < 1.29 is 13.9 Å². The summed E-state index contributed by atoms with van der Waals surface area (Å²) >= 11 is 0. The topological polar surface area (TPSA) is 29.5 Å². The second-order valence-electron chi connectivity index (χ2n) is 7.38. The summed E-state index contributed by atoms with van der Waals surface area (Å²) in [5.41, 5.74) is 0.324. The molecule has 0 spiro atoms. The first kappa shape index (κ1) is 17.4. The van der Waals surface area contributed by atoms with Gasteiger partial charge in [0.2, 0.25) is 0 Å². The molecule has 0 N–H and O–H groups in total. The van der Waals surface area contributed by atoms with Crippen molar-refractivity contribution in [2.24, 2.45) is 0 Å². The van der Waals surface area contributed by atoms with Gasteiger partial charge in [0.1, 0.15) is 12.4 Å². The molecule has 4 heteroatoms. The smallest absolute Gasteiger partial charge is 0.316 e. The maximum absolute atomic E-state index is 13.3. The van der Waals surface area contributed by atoms with Crippen LogP contribution in [0, 0.1) is 5.82 Å². The van der Waals surface area contributed by atoms with Gasteiger partial charge in [-0.1, -0.05) is 37.8 Å². The molecule has 1 aromatic carbocycles. The number of nitrogens with zero attached hydrogens (tertiary/aromatic N) is 1. The molecular weight excluding hydrogens is 305 g/mol. The lowest BCUT2D eigenvalue weighted by Crippen LogP contribution is -2.44. The minimum Gasteiger partial charge on any atom is -0.463 e. The number of piperidine rings is 1. The summed E-state index contributed by atoms with van der Waals surface area (Å²) in [6.45, 7) is 1.55. The highest BCUT2D eigenvalue weighted by atomic mass is 19.1. The molecule has 0 aromatic heterocycles. The van der Waals surface area contributed by atoms with Crippen LogP contribution in [0.2, 0.25) is 0 Å². The van der Waals surface area contributed by atoms with Gasteiger partial charge >= 0.3 is 5.97 Å². The van der Waals surface area contributed by atoms with E-state index in [4.69, 9.17) is 4.74 Å². The Labute approximate surface area is 144 Å². The maximum atomic E-state index is 13.3. The van der Waals surface area contributed by atoms with Crippen LogP contribution in [0.5, 0.6) is 0 Å². The molecule has 132 valence electrons. The second kappa shape index (κ2) is 7.64. The Bertz CT molecular complexity index is 551. The van der Waals surface area contributed by atoms with E-state index in [0.717, 1.165) is 50.6 Å². The fourth-order valence-corrected chi connectivity index (χ4v) is 4.20. The molecule has 2 fully saturated rings. The third kappa shape index (κ3) is 3.64. The van der Waals surface area contributed by atoms with Gasteiger partial charge in [0.25, 0.3) is 0 Å².